The minimum Gasteiger partial charge on any atom is -0.477 e. The van der Waals surface area contributed by atoms with Crippen LogP contribution in [0.1, 0.15) is 0 Å². The maximum atomic E-state index is 5.21. The molecule has 0 unspecified atom stereocenters. The number of methoxy groups -OCH3 is 2. The van der Waals surface area contributed by atoms with E-state index in [0.29, 0.717) is 11.8 Å². The van der Waals surface area contributed by atoms with E-state index in [0.717, 1.165) is 37.2 Å². The first-order valence-electron chi connectivity index (χ1n) is 6.67. The van der Waals surface area contributed by atoms with E-state index < -0.39 is 0 Å². The van der Waals surface area contributed by atoms with Gasteiger partial charge in [-0.25, -0.2) is 9.97 Å². The smallest absolute Gasteiger partial charge is 0.278 e. The number of ether oxygens (including phenoxy) is 2. The third kappa shape index (κ3) is 2.34. The molecule has 2 aromatic rings. The number of nitrogens with one attached hydrogen (secondary N) is 1. The molecule has 0 atom stereocenters. The van der Waals surface area contributed by atoms with E-state index in [-0.39, 0.29) is 0 Å². The number of anilines is 1. The zero-order valence-electron chi connectivity index (χ0n) is 11.7. The van der Waals surface area contributed by atoms with Gasteiger partial charge in [0, 0.05) is 31.9 Å². The van der Waals surface area contributed by atoms with Crippen LogP contribution in [0.15, 0.2) is 18.2 Å². The number of nitrogens with zero attached hydrogens (tertiary/aromatic N) is 3. The van der Waals surface area contributed by atoms with Gasteiger partial charge in [0.1, 0.15) is 0 Å². The highest BCUT2D eigenvalue weighted by Crippen LogP contribution is 2.27. The monoisotopic (exact) mass is 274 g/mol. The molecule has 1 aliphatic rings. The van der Waals surface area contributed by atoms with E-state index >= 15 is 0 Å². The summed E-state index contributed by atoms with van der Waals surface area (Å²) in [5.74, 6) is 0.826. The van der Waals surface area contributed by atoms with Gasteiger partial charge in [0.25, 0.3) is 11.8 Å². The summed E-state index contributed by atoms with van der Waals surface area (Å²) in [4.78, 5) is 11.2. The zero-order chi connectivity index (χ0) is 13.9. The summed E-state index contributed by atoms with van der Waals surface area (Å²) in [6.07, 6.45) is 0. The van der Waals surface area contributed by atoms with E-state index in [1.165, 1.54) is 5.69 Å². The van der Waals surface area contributed by atoms with Crippen molar-refractivity contribution in [2.45, 2.75) is 0 Å². The number of piperazine rings is 1. The van der Waals surface area contributed by atoms with Crippen LogP contribution in [0.3, 0.4) is 0 Å². The molecule has 0 radical (unpaired) electrons. The van der Waals surface area contributed by atoms with Crippen molar-refractivity contribution in [3.8, 4) is 11.8 Å². The van der Waals surface area contributed by atoms with Crippen LogP contribution < -0.4 is 19.7 Å². The Balaban J connectivity index is 2.01. The lowest BCUT2D eigenvalue weighted by Crippen LogP contribution is -2.43. The van der Waals surface area contributed by atoms with Crippen molar-refractivity contribution in [3.63, 3.8) is 0 Å². The van der Waals surface area contributed by atoms with Crippen LogP contribution in [0, 0.1) is 0 Å². The van der Waals surface area contributed by atoms with E-state index in [1.807, 2.05) is 6.07 Å². The molecule has 0 saturated carbocycles. The molecule has 20 heavy (non-hydrogen) atoms. The molecule has 3 rings (SSSR count). The molecule has 6 heteroatoms. The van der Waals surface area contributed by atoms with Crippen molar-refractivity contribution in [2.24, 2.45) is 0 Å². The van der Waals surface area contributed by atoms with E-state index in [9.17, 15) is 0 Å². The molecule has 1 aliphatic heterocycles. The molecular formula is C14H18N4O2. The third-order valence-electron chi connectivity index (χ3n) is 3.45. The summed E-state index contributed by atoms with van der Waals surface area (Å²) < 4.78 is 10.4. The van der Waals surface area contributed by atoms with Crippen molar-refractivity contribution < 1.29 is 9.47 Å². The highest BCUT2D eigenvalue weighted by molar-refractivity contribution is 5.80. The van der Waals surface area contributed by atoms with Gasteiger partial charge in [-0.2, -0.15) is 0 Å². The van der Waals surface area contributed by atoms with Crippen molar-refractivity contribution in [2.75, 3.05) is 45.3 Å². The minimum atomic E-state index is 0.412. The zero-order valence-corrected chi connectivity index (χ0v) is 11.7. The van der Waals surface area contributed by atoms with Crippen LogP contribution in [-0.2, 0) is 0 Å². The van der Waals surface area contributed by atoms with Crippen LogP contribution in [-0.4, -0.2) is 50.4 Å². The molecule has 0 amide bonds. The molecule has 1 saturated heterocycles. The maximum absolute atomic E-state index is 5.21. The van der Waals surface area contributed by atoms with Gasteiger partial charge in [-0.15, -0.1) is 0 Å². The fourth-order valence-electron chi connectivity index (χ4n) is 2.40. The van der Waals surface area contributed by atoms with E-state index in [4.69, 9.17) is 9.47 Å². The number of rotatable bonds is 3. The highest BCUT2D eigenvalue weighted by atomic mass is 16.5. The van der Waals surface area contributed by atoms with Crippen LogP contribution in [0.5, 0.6) is 11.8 Å². The van der Waals surface area contributed by atoms with Gasteiger partial charge in [-0.05, 0) is 18.2 Å². The first-order valence-corrected chi connectivity index (χ1v) is 6.67. The average molecular weight is 274 g/mol. The first kappa shape index (κ1) is 12.9. The molecule has 2 heterocycles. The van der Waals surface area contributed by atoms with Crippen molar-refractivity contribution in [1.82, 2.24) is 15.3 Å². The molecule has 1 fully saturated rings. The molecule has 6 nitrogen and oxygen atoms in total. The number of hydrogen-bond donors (Lipinski definition) is 1. The van der Waals surface area contributed by atoms with Crippen LogP contribution in [0.2, 0.25) is 0 Å². The van der Waals surface area contributed by atoms with Gasteiger partial charge < -0.3 is 19.7 Å². The largest absolute Gasteiger partial charge is 0.477 e. The number of hydrogen-bond acceptors (Lipinski definition) is 6. The Morgan fingerprint density at radius 3 is 2.30 bits per heavy atom. The van der Waals surface area contributed by atoms with Gasteiger partial charge in [0.2, 0.25) is 0 Å². The van der Waals surface area contributed by atoms with Crippen LogP contribution in [0.4, 0.5) is 5.69 Å². The Hall–Kier alpha value is -2.08. The van der Waals surface area contributed by atoms with E-state index in [1.54, 1.807) is 14.2 Å². The predicted molar refractivity (Wildman–Crippen MR) is 77.7 cm³/mol. The number of aromatic nitrogens is 2. The topological polar surface area (TPSA) is 59.5 Å². The molecule has 0 spiro atoms. The maximum Gasteiger partial charge on any atom is 0.278 e. The number of benzene rings is 1. The lowest BCUT2D eigenvalue weighted by atomic mass is 10.2. The fraction of sp³-hybridized carbons (Fsp3) is 0.429. The molecule has 1 N–H and O–H groups in total. The Bertz CT molecular complexity index is 611. The molecule has 1 aromatic heterocycles. The summed E-state index contributed by atoms with van der Waals surface area (Å²) in [6.45, 7) is 4.03. The molecule has 0 aliphatic carbocycles. The Kier molecular flexibility index (Phi) is 3.56. The lowest BCUT2D eigenvalue weighted by Gasteiger charge is -2.29. The average Bonchev–Trinajstić information content (AvgIpc) is 2.53. The van der Waals surface area contributed by atoms with Gasteiger partial charge >= 0.3 is 0 Å². The Labute approximate surface area is 117 Å². The highest BCUT2D eigenvalue weighted by Gasteiger charge is 2.13. The Morgan fingerprint density at radius 1 is 1.00 bits per heavy atom. The summed E-state index contributed by atoms with van der Waals surface area (Å²) >= 11 is 0. The predicted octanol–water partition coefficient (Wildman–Crippen LogP) is 1.06. The molecule has 1 aromatic carbocycles. The third-order valence-corrected chi connectivity index (χ3v) is 3.45. The van der Waals surface area contributed by atoms with Crippen molar-refractivity contribution in [1.29, 1.82) is 0 Å². The normalized spacial score (nSPS) is 15.4. The SMILES string of the molecule is COc1nc2ccc(N3CCNCC3)cc2nc1OC. The molecule has 106 valence electrons. The second-order valence-electron chi connectivity index (χ2n) is 4.65. The van der Waals surface area contributed by atoms with E-state index in [2.05, 4.69) is 32.3 Å². The van der Waals surface area contributed by atoms with Gasteiger partial charge in [0.15, 0.2) is 0 Å². The first-order chi connectivity index (χ1) is 9.81. The summed E-state index contributed by atoms with van der Waals surface area (Å²) in [5.41, 5.74) is 2.79. The second-order valence-corrected chi connectivity index (χ2v) is 4.65. The second kappa shape index (κ2) is 5.50. The number of fused-ring (bicyclic) bond motifs is 1. The minimum absolute atomic E-state index is 0.412. The Morgan fingerprint density at radius 2 is 1.65 bits per heavy atom. The van der Waals surface area contributed by atoms with Gasteiger partial charge in [0.05, 0.1) is 25.3 Å². The fourth-order valence-corrected chi connectivity index (χ4v) is 2.40. The quantitative estimate of drug-likeness (QED) is 0.903. The van der Waals surface area contributed by atoms with Gasteiger partial charge in [-0.3, -0.25) is 0 Å². The molecule has 0 bridgehead atoms. The molecular weight excluding hydrogens is 256 g/mol. The van der Waals surface area contributed by atoms with Crippen molar-refractivity contribution in [3.05, 3.63) is 18.2 Å². The van der Waals surface area contributed by atoms with Crippen molar-refractivity contribution >= 4 is 16.7 Å². The lowest BCUT2D eigenvalue weighted by molar-refractivity contribution is 0.334. The summed E-state index contributed by atoms with van der Waals surface area (Å²) in [5, 5.41) is 3.35. The van der Waals surface area contributed by atoms with Crippen LogP contribution in [0.25, 0.3) is 11.0 Å². The summed E-state index contributed by atoms with van der Waals surface area (Å²) in [6, 6.07) is 6.10. The van der Waals surface area contributed by atoms with Gasteiger partial charge in [-0.1, -0.05) is 0 Å². The standard InChI is InChI=1S/C14H18N4O2/c1-19-13-14(20-2)17-12-9-10(3-4-11(12)16-13)18-7-5-15-6-8-18/h3-4,9,15H,5-8H2,1-2H3. The summed E-state index contributed by atoms with van der Waals surface area (Å²) in [7, 11) is 3.13. The van der Waals surface area contributed by atoms with Crippen LogP contribution >= 0.6 is 0 Å².